The highest BCUT2D eigenvalue weighted by molar-refractivity contribution is 5.57. The van der Waals surface area contributed by atoms with E-state index >= 15 is 0 Å². The molecule has 0 fully saturated rings. The fourth-order valence-electron chi connectivity index (χ4n) is 1.51. The number of aliphatic hydroxyl groups excluding tert-OH is 1. The molecule has 76 valence electrons. The Morgan fingerprint density at radius 1 is 1.36 bits per heavy atom. The zero-order valence-corrected chi connectivity index (χ0v) is 9.33. The van der Waals surface area contributed by atoms with Crippen molar-refractivity contribution >= 4 is 6.08 Å². The highest BCUT2D eigenvalue weighted by Gasteiger charge is 2.05. The van der Waals surface area contributed by atoms with E-state index in [9.17, 15) is 5.11 Å². The lowest BCUT2D eigenvalue weighted by Crippen LogP contribution is -1.95. The summed E-state index contributed by atoms with van der Waals surface area (Å²) in [7, 11) is 0. The molecule has 1 aromatic rings. The van der Waals surface area contributed by atoms with Crippen molar-refractivity contribution in [2.75, 3.05) is 0 Å². The molecule has 1 aromatic carbocycles. The number of allylic oxidation sites excluding steroid dienone is 1. The van der Waals surface area contributed by atoms with E-state index in [1.54, 1.807) is 6.92 Å². The highest BCUT2D eigenvalue weighted by atomic mass is 16.3. The smallest absolute Gasteiger partial charge is 0.0767 e. The molecule has 0 aliphatic carbocycles. The van der Waals surface area contributed by atoms with Gasteiger partial charge < -0.3 is 5.11 Å². The quantitative estimate of drug-likeness (QED) is 0.757. The van der Waals surface area contributed by atoms with Crippen LogP contribution in [0.1, 0.15) is 43.6 Å². The predicted molar refractivity (Wildman–Crippen MR) is 61.1 cm³/mol. The molecule has 0 aliphatic heterocycles. The first-order valence-electron chi connectivity index (χ1n) is 4.94. The maximum atomic E-state index is 9.58. The van der Waals surface area contributed by atoms with E-state index in [0.29, 0.717) is 0 Å². The number of rotatable bonds is 2. The van der Waals surface area contributed by atoms with Crippen LogP contribution in [0.3, 0.4) is 0 Å². The Hall–Kier alpha value is -1.08. The third-order valence-corrected chi connectivity index (χ3v) is 2.14. The average molecular weight is 190 g/mol. The van der Waals surface area contributed by atoms with Gasteiger partial charge in [0.25, 0.3) is 0 Å². The summed E-state index contributed by atoms with van der Waals surface area (Å²) >= 11 is 0. The molecule has 1 atom stereocenters. The maximum Gasteiger partial charge on any atom is 0.0767 e. The molecule has 0 saturated carbocycles. The van der Waals surface area contributed by atoms with Crippen LogP contribution in [0.2, 0.25) is 0 Å². The minimum absolute atomic E-state index is 0.402. The van der Waals surface area contributed by atoms with Crippen molar-refractivity contribution in [1.82, 2.24) is 0 Å². The topological polar surface area (TPSA) is 20.2 Å². The van der Waals surface area contributed by atoms with E-state index in [0.717, 1.165) is 11.1 Å². The lowest BCUT2D eigenvalue weighted by Gasteiger charge is -2.10. The van der Waals surface area contributed by atoms with Gasteiger partial charge in [-0.1, -0.05) is 35.4 Å². The van der Waals surface area contributed by atoms with Crippen LogP contribution in [0.25, 0.3) is 6.08 Å². The molecule has 1 nitrogen and oxygen atoms in total. The fourth-order valence-corrected chi connectivity index (χ4v) is 1.51. The monoisotopic (exact) mass is 190 g/mol. The lowest BCUT2D eigenvalue weighted by atomic mass is 9.99. The number of hydrogen-bond acceptors (Lipinski definition) is 1. The summed E-state index contributed by atoms with van der Waals surface area (Å²) in [6.07, 6.45) is 1.70. The largest absolute Gasteiger partial charge is 0.389 e. The van der Waals surface area contributed by atoms with Crippen LogP contribution in [0.15, 0.2) is 23.8 Å². The van der Waals surface area contributed by atoms with Gasteiger partial charge in [-0.25, -0.2) is 0 Å². The van der Waals surface area contributed by atoms with E-state index in [-0.39, 0.29) is 0 Å². The average Bonchev–Trinajstić information content (AvgIpc) is 2.01. The van der Waals surface area contributed by atoms with Gasteiger partial charge in [0.2, 0.25) is 0 Å². The summed E-state index contributed by atoms with van der Waals surface area (Å²) in [6.45, 7) is 7.99. The van der Waals surface area contributed by atoms with Crippen LogP contribution in [-0.2, 0) is 0 Å². The molecule has 0 amide bonds. The molecule has 1 N–H and O–H groups in total. The van der Waals surface area contributed by atoms with Gasteiger partial charge in [-0.3, -0.25) is 0 Å². The molecule has 14 heavy (non-hydrogen) atoms. The summed E-state index contributed by atoms with van der Waals surface area (Å²) in [5, 5.41) is 9.58. The minimum Gasteiger partial charge on any atom is -0.389 e. The van der Waals surface area contributed by atoms with E-state index in [4.69, 9.17) is 0 Å². The zero-order chi connectivity index (χ0) is 10.7. The van der Waals surface area contributed by atoms with Crippen LogP contribution in [0.5, 0.6) is 0 Å². The second-order valence-electron chi connectivity index (χ2n) is 4.03. The third kappa shape index (κ3) is 2.71. The normalized spacial score (nSPS) is 12.4. The van der Waals surface area contributed by atoms with Gasteiger partial charge in [-0.05, 0) is 38.8 Å². The fraction of sp³-hybridized carbons (Fsp3) is 0.385. The van der Waals surface area contributed by atoms with Gasteiger partial charge in [0.05, 0.1) is 6.10 Å². The van der Waals surface area contributed by atoms with Gasteiger partial charge in [0, 0.05) is 0 Å². The molecular weight excluding hydrogens is 172 g/mol. The van der Waals surface area contributed by atoms with Crippen molar-refractivity contribution < 1.29 is 5.11 Å². The van der Waals surface area contributed by atoms with Crippen LogP contribution in [-0.4, -0.2) is 5.11 Å². The summed E-state index contributed by atoms with van der Waals surface area (Å²) in [5.74, 6) is 0. The van der Waals surface area contributed by atoms with Gasteiger partial charge in [-0.15, -0.1) is 0 Å². The zero-order valence-electron chi connectivity index (χ0n) is 9.33. The van der Waals surface area contributed by atoms with Crippen molar-refractivity contribution in [3.63, 3.8) is 0 Å². The number of benzene rings is 1. The molecule has 1 unspecified atom stereocenters. The number of aryl methyl sites for hydroxylation is 1. The molecule has 1 rings (SSSR count). The minimum atomic E-state index is -0.402. The summed E-state index contributed by atoms with van der Waals surface area (Å²) in [6, 6.07) is 6.13. The van der Waals surface area contributed by atoms with Crippen LogP contribution in [0, 0.1) is 6.92 Å². The number of hydrogen-bond donors (Lipinski definition) is 1. The van der Waals surface area contributed by atoms with Gasteiger partial charge >= 0.3 is 0 Å². The van der Waals surface area contributed by atoms with Crippen LogP contribution < -0.4 is 0 Å². The van der Waals surface area contributed by atoms with Crippen molar-refractivity contribution in [3.8, 4) is 0 Å². The Balaban J connectivity index is 3.23. The first kappa shape index (κ1) is 11.0. The van der Waals surface area contributed by atoms with Crippen molar-refractivity contribution in [2.45, 2.75) is 33.8 Å². The molecule has 0 aliphatic rings. The van der Waals surface area contributed by atoms with Crippen LogP contribution >= 0.6 is 0 Å². The SMILES string of the molecule is CC(C)=Cc1cc(C)ccc1C(C)O. The molecule has 0 saturated heterocycles. The molecule has 0 radical (unpaired) electrons. The van der Waals surface area contributed by atoms with Crippen molar-refractivity contribution in [1.29, 1.82) is 0 Å². The Kier molecular flexibility index (Phi) is 3.48. The van der Waals surface area contributed by atoms with Gasteiger partial charge in [0.15, 0.2) is 0 Å². The first-order valence-corrected chi connectivity index (χ1v) is 4.94. The standard InChI is InChI=1S/C13H18O/c1-9(2)7-12-8-10(3)5-6-13(12)11(4)14/h5-8,11,14H,1-4H3. The van der Waals surface area contributed by atoms with E-state index in [1.807, 2.05) is 12.1 Å². The Bertz CT molecular complexity index is 344. The van der Waals surface area contributed by atoms with Crippen molar-refractivity contribution in [2.24, 2.45) is 0 Å². The van der Waals surface area contributed by atoms with E-state index in [1.165, 1.54) is 11.1 Å². The van der Waals surface area contributed by atoms with E-state index < -0.39 is 6.10 Å². The van der Waals surface area contributed by atoms with Crippen LogP contribution in [0.4, 0.5) is 0 Å². The van der Waals surface area contributed by atoms with E-state index in [2.05, 4.69) is 32.9 Å². The maximum absolute atomic E-state index is 9.58. The predicted octanol–water partition coefficient (Wildman–Crippen LogP) is 3.47. The first-order chi connectivity index (χ1) is 6.50. The molecule has 0 heterocycles. The molecule has 1 heteroatoms. The second-order valence-corrected chi connectivity index (χ2v) is 4.03. The lowest BCUT2D eigenvalue weighted by molar-refractivity contribution is 0.199. The Morgan fingerprint density at radius 3 is 2.50 bits per heavy atom. The summed E-state index contributed by atoms with van der Waals surface area (Å²) < 4.78 is 0. The van der Waals surface area contributed by atoms with Gasteiger partial charge in [-0.2, -0.15) is 0 Å². The Morgan fingerprint density at radius 2 is 2.00 bits per heavy atom. The third-order valence-electron chi connectivity index (χ3n) is 2.14. The molecule has 0 bridgehead atoms. The molecular formula is C13H18O. The second kappa shape index (κ2) is 4.43. The number of aliphatic hydroxyl groups is 1. The highest BCUT2D eigenvalue weighted by Crippen LogP contribution is 2.21. The molecule has 0 spiro atoms. The van der Waals surface area contributed by atoms with Gasteiger partial charge in [0.1, 0.15) is 0 Å². The summed E-state index contributed by atoms with van der Waals surface area (Å²) in [5.41, 5.74) is 4.59. The van der Waals surface area contributed by atoms with Crippen molar-refractivity contribution in [3.05, 3.63) is 40.5 Å². The Labute approximate surface area is 86.1 Å². The summed E-state index contributed by atoms with van der Waals surface area (Å²) in [4.78, 5) is 0. The molecule has 0 aromatic heterocycles.